The molecule has 0 spiro atoms. The molecule has 0 aliphatic heterocycles. The van der Waals surface area contributed by atoms with Gasteiger partial charge in [0.1, 0.15) is 5.56 Å². The molecule has 19 heavy (non-hydrogen) atoms. The third-order valence-corrected chi connectivity index (χ3v) is 3.56. The van der Waals surface area contributed by atoms with E-state index in [1.807, 2.05) is 0 Å². The maximum absolute atomic E-state index is 13.2. The Morgan fingerprint density at radius 2 is 1.95 bits per heavy atom. The number of fused-ring (bicyclic) bond motifs is 1. The van der Waals surface area contributed by atoms with E-state index in [1.54, 1.807) is 0 Å². The quantitative estimate of drug-likeness (QED) is 0.913. The van der Waals surface area contributed by atoms with Crippen LogP contribution in [-0.2, 0) is 0 Å². The molecule has 1 aromatic heterocycles. The monoisotopic (exact) mass is 283 g/mol. The van der Waals surface area contributed by atoms with Crippen molar-refractivity contribution in [2.75, 3.05) is 0 Å². The third kappa shape index (κ3) is 1.94. The lowest BCUT2D eigenvalue weighted by molar-refractivity contribution is 0.0695. The minimum absolute atomic E-state index is 0.0427. The van der Waals surface area contributed by atoms with Gasteiger partial charge in [0.2, 0.25) is 0 Å². The first-order valence-corrected chi connectivity index (χ1v) is 6.08. The summed E-state index contributed by atoms with van der Waals surface area (Å²) in [6.07, 6.45) is 1.66. The van der Waals surface area contributed by atoms with Gasteiger partial charge in [-0.1, -0.05) is 11.6 Å². The highest BCUT2D eigenvalue weighted by Gasteiger charge is 2.32. The summed E-state index contributed by atoms with van der Waals surface area (Å²) in [5.41, 5.74) is 0.425. The lowest BCUT2D eigenvalue weighted by Crippen LogP contribution is -2.06. The summed E-state index contributed by atoms with van der Waals surface area (Å²) < 4.78 is 26.4. The summed E-state index contributed by atoms with van der Waals surface area (Å²) in [4.78, 5) is 15.4. The molecule has 0 amide bonds. The fraction of sp³-hybridized carbons (Fsp3) is 0.231. The summed E-state index contributed by atoms with van der Waals surface area (Å²) in [5.74, 6) is -3.26. The minimum Gasteiger partial charge on any atom is -0.478 e. The zero-order valence-electron chi connectivity index (χ0n) is 9.58. The fourth-order valence-electron chi connectivity index (χ4n) is 2.09. The first-order chi connectivity index (χ1) is 8.99. The lowest BCUT2D eigenvalue weighted by atomic mass is 10.1. The fourth-order valence-corrected chi connectivity index (χ4v) is 2.42. The normalized spacial score (nSPS) is 14.9. The van der Waals surface area contributed by atoms with Gasteiger partial charge in [-0.3, -0.25) is 4.98 Å². The number of benzene rings is 1. The van der Waals surface area contributed by atoms with Gasteiger partial charge in [0.25, 0.3) is 0 Å². The Balaban J connectivity index is 2.39. The second kappa shape index (κ2) is 4.13. The number of aromatic carboxylic acids is 1. The van der Waals surface area contributed by atoms with Gasteiger partial charge >= 0.3 is 5.97 Å². The average molecular weight is 284 g/mol. The molecule has 0 unspecified atom stereocenters. The van der Waals surface area contributed by atoms with E-state index in [0.29, 0.717) is 5.69 Å². The smallest absolute Gasteiger partial charge is 0.339 e. The van der Waals surface area contributed by atoms with Crippen molar-refractivity contribution in [2.45, 2.75) is 18.8 Å². The predicted molar refractivity (Wildman–Crippen MR) is 65.6 cm³/mol. The van der Waals surface area contributed by atoms with Gasteiger partial charge in [0, 0.05) is 17.4 Å². The van der Waals surface area contributed by atoms with Gasteiger partial charge in [-0.15, -0.1) is 0 Å². The number of nitrogens with zero attached hydrogens (tertiary/aromatic N) is 1. The zero-order valence-corrected chi connectivity index (χ0v) is 10.3. The molecule has 1 aliphatic rings. The summed E-state index contributed by atoms with van der Waals surface area (Å²) in [6, 6.07) is 1.82. The summed E-state index contributed by atoms with van der Waals surface area (Å²) in [5, 5.41) is 9.24. The van der Waals surface area contributed by atoms with Gasteiger partial charge < -0.3 is 5.11 Å². The Bertz CT molecular complexity index is 714. The molecule has 98 valence electrons. The number of aromatic nitrogens is 1. The molecule has 0 radical (unpaired) electrons. The predicted octanol–water partition coefficient (Wildman–Crippen LogP) is 3.74. The van der Waals surface area contributed by atoms with Crippen molar-refractivity contribution in [3.63, 3.8) is 0 Å². The highest BCUT2D eigenvalue weighted by Crippen LogP contribution is 2.43. The second-order valence-electron chi connectivity index (χ2n) is 4.55. The molecule has 1 aliphatic carbocycles. The number of carbonyl (C=O) groups is 1. The number of halogens is 3. The van der Waals surface area contributed by atoms with Crippen LogP contribution in [0.4, 0.5) is 8.78 Å². The van der Waals surface area contributed by atoms with Crippen LogP contribution >= 0.6 is 11.6 Å². The van der Waals surface area contributed by atoms with Crippen molar-refractivity contribution in [3.05, 3.63) is 40.0 Å². The topological polar surface area (TPSA) is 50.2 Å². The van der Waals surface area contributed by atoms with Crippen molar-refractivity contribution in [1.82, 2.24) is 4.98 Å². The van der Waals surface area contributed by atoms with Crippen LogP contribution in [0.15, 0.2) is 12.1 Å². The summed E-state index contributed by atoms with van der Waals surface area (Å²) in [6.45, 7) is 0. The maximum atomic E-state index is 13.2. The van der Waals surface area contributed by atoms with E-state index in [2.05, 4.69) is 4.98 Å². The molecule has 1 N–H and O–H groups in total. The van der Waals surface area contributed by atoms with Crippen LogP contribution in [0.3, 0.4) is 0 Å². The van der Waals surface area contributed by atoms with Crippen LogP contribution in [0, 0.1) is 11.6 Å². The van der Waals surface area contributed by atoms with E-state index >= 15 is 0 Å². The number of rotatable bonds is 2. The number of hydrogen-bond acceptors (Lipinski definition) is 2. The number of carboxylic acids is 1. The second-order valence-corrected chi connectivity index (χ2v) is 4.93. The molecule has 6 heteroatoms. The first-order valence-electron chi connectivity index (χ1n) is 5.70. The molecule has 1 fully saturated rings. The van der Waals surface area contributed by atoms with E-state index in [0.717, 1.165) is 25.0 Å². The van der Waals surface area contributed by atoms with E-state index in [1.165, 1.54) is 0 Å². The molecule has 1 heterocycles. The van der Waals surface area contributed by atoms with Crippen molar-refractivity contribution in [2.24, 2.45) is 0 Å². The molecular formula is C13H8ClF2NO2. The van der Waals surface area contributed by atoms with Crippen LogP contribution in [0.25, 0.3) is 10.9 Å². The molecular weight excluding hydrogens is 276 g/mol. The minimum atomic E-state index is -1.20. The van der Waals surface area contributed by atoms with Crippen LogP contribution in [0.5, 0.6) is 0 Å². The third-order valence-electron chi connectivity index (χ3n) is 3.17. The van der Waals surface area contributed by atoms with E-state index in [4.69, 9.17) is 11.6 Å². The van der Waals surface area contributed by atoms with Gasteiger partial charge in [0.15, 0.2) is 11.6 Å². The highest BCUT2D eigenvalue weighted by atomic mass is 35.5. The van der Waals surface area contributed by atoms with Gasteiger partial charge in [-0.25, -0.2) is 13.6 Å². The van der Waals surface area contributed by atoms with Gasteiger partial charge in [-0.05, 0) is 18.9 Å². The van der Waals surface area contributed by atoms with E-state index in [9.17, 15) is 18.7 Å². The summed E-state index contributed by atoms with van der Waals surface area (Å²) >= 11 is 6.03. The molecule has 1 saturated carbocycles. The van der Waals surface area contributed by atoms with Crippen molar-refractivity contribution in [3.8, 4) is 0 Å². The molecule has 1 aromatic carbocycles. The number of pyridine rings is 1. The van der Waals surface area contributed by atoms with E-state index < -0.39 is 17.6 Å². The Morgan fingerprint density at radius 1 is 1.32 bits per heavy atom. The van der Waals surface area contributed by atoms with Crippen LogP contribution < -0.4 is 0 Å². The standard InChI is InChI=1S/C13H8ClF2NO2/c14-11-6-3-7(15)8(16)4-9(6)17-12(5-1-2-5)10(11)13(18)19/h3-5H,1-2H2,(H,18,19). The zero-order chi connectivity index (χ0) is 13.7. The molecule has 3 rings (SSSR count). The average Bonchev–Trinajstić information content (AvgIpc) is 3.15. The Morgan fingerprint density at radius 3 is 2.53 bits per heavy atom. The van der Waals surface area contributed by atoms with Crippen molar-refractivity contribution >= 4 is 28.5 Å². The molecule has 0 atom stereocenters. The Hall–Kier alpha value is -1.75. The highest BCUT2D eigenvalue weighted by molar-refractivity contribution is 6.38. The Kier molecular flexibility index (Phi) is 2.67. The maximum Gasteiger partial charge on any atom is 0.339 e. The number of carboxylic acid groups (broad SMARTS) is 1. The van der Waals surface area contributed by atoms with Gasteiger partial charge in [-0.2, -0.15) is 0 Å². The first kappa shape index (κ1) is 12.3. The van der Waals surface area contributed by atoms with Crippen LogP contribution in [0.1, 0.15) is 34.8 Å². The van der Waals surface area contributed by atoms with Crippen LogP contribution in [0.2, 0.25) is 5.02 Å². The van der Waals surface area contributed by atoms with Crippen molar-refractivity contribution in [1.29, 1.82) is 0 Å². The van der Waals surface area contributed by atoms with E-state index in [-0.39, 0.29) is 27.4 Å². The summed E-state index contributed by atoms with van der Waals surface area (Å²) in [7, 11) is 0. The molecule has 2 aromatic rings. The Labute approximate surface area is 111 Å². The molecule has 0 bridgehead atoms. The molecule has 3 nitrogen and oxygen atoms in total. The lowest BCUT2D eigenvalue weighted by Gasteiger charge is -2.10. The number of hydrogen-bond donors (Lipinski definition) is 1. The van der Waals surface area contributed by atoms with Crippen LogP contribution in [-0.4, -0.2) is 16.1 Å². The van der Waals surface area contributed by atoms with Gasteiger partial charge in [0.05, 0.1) is 16.2 Å². The SMILES string of the molecule is O=C(O)c1c(C2CC2)nc2cc(F)c(F)cc2c1Cl. The van der Waals surface area contributed by atoms with Crippen molar-refractivity contribution < 1.29 is 18.7 Å². The largest absolute Gasteiger partial charge is 0.478 e. The molecule has 0 saturated heterocycles.